The van der Waals surface area contributed by atoms with E-state index in [4.69, 9.17) is 9.47 Å². The highest BCUT2D eigenvalue weighted by molar-refractivity contribution is 7.89. The Morgan fingerprint density at radius 1 is 1.14 bits per heavy atom. The van der Waals surface area contributed by atoms with Crippen LogP contribution in [0, 0.1) is 5.82 Å². The van der Waals surface area contributed by atoms with E-state index in [9.17, 15) is 17.6 Å². The van der Waals surface area contributed by atoms with Gasteiger partial charge in [0.1, 0.15) is 16.5 Å². The van der Waals surface area contributed by atoms with Crippen molar-refractivity contribution >= 4 is 21.6 Å². The lowest BCUT2D eigenvalue weighted by Gasteiger charge is -2.26. The number of amides is 1. The van der Waals surface area contributed by atoms with Gasteiger partial charge in [0.05, 0.1) is 13.2 Å². The van der Waals surface area contributed by atoms with Crippen molar-refractivity contribution in [3.05, 3.63) is 53.8 Å². The van der Waals surface area contributed by atoms with Gasteiger partial charge in [-0.05, 0) is 29.8 Å². The second kappa shape index (κ2) is 7.50. The van der Waals surface area contributed by atoms with E-state index in [0.717, 1.165) is 17.7 Å². The van der Waals surface area contributed by atoms with Gasteiger partial charge in [-0.3, -0.25) is 4.79 Å². The standard InChI is InChI=1S/C19H19FN2O5S/c20-15-6-5-14(12-18(15)28(24,25)22-7-9-26-10-8-22)21-19(23)17-11-13-3-1-2-4-16(13)27-17/h1-6,12,17H,7-11H2,(H,21,23). The molecule has 0 saturated carbocycles. The van der Waals surface area contributed by atoms with Crippen LogP contribution in [0.25, 0.3) is 0 Å². The fourth-order valence-electron chi connectivity index (χ4n) is 3.26. The van der Waals surface area contributed by atoms with Gasteiger partial charge in [-0.25, -0.2) is 12.8 Å². The van der Waals surface area contributed by atoms with Gasteiger partial charge in [0, 0.05) is 25.2 Å². The fourth-order valence-corrected chi connectivity index (χ4v) is 4.75. The highest BCUT2D eigenvalue weighted by Crippen LogP contribution is 2.29. The van der Waals surface area contributed by atoms with Crippen molar-refractivity contribution in [2.24, 2.45) is 0 Å². The summed E-state index contributed by atoms with van der Waals surface area (Å²) >= 11 is 0. The van der Waals surface area contributed by atoms with Crippen molar-refractivity contribution in [2.75, 3.05) is 31.6 Å². The Hall–Kier alpha value is -2.49. The third-order valence-corrected chi connectivity index (χ3v) is 6.64. The third kappa shape index (κ3) is 3.60. The Kier molecular flexibility index (Phi) is 5.05. The van der Waals surface area contributed by atoms with Gasteiger partial charge in [-0.15, -0.1) is 0 Å². The minimum Gasteiger partial charge on any atom is -0.480 e. The zero-order valence-corrected chi connectivity index (χ0v) is 15.7. The Balaban J connectivity index is 1.52. The van der Waals surface area contributed by atoms with Gasteiger partial charge >= 0.3 is 0 Å². The van der Waals surface area contributed by atoms with Crippen LogP contribution in [0.4, 0.5) is 10.1 Å². The van der Waals surface area contributed by atoms with Crippen LogP contribution in [0.2, 0.25) is 0 Å². The summed E-state index contributed by atoms with van der Waals surface area (Å²) in [5, 5.41) is 2.62. The van der Waals surface area contributed by atoms with Gasteiger partial charge in [0.25, 0.3) is 5.91 Å². The van der Waals surface area contributed by atoms with Crippen LogP contribution in [-0.2, 0) is 26.0 Å². The monoisotopic (exact) mass is 406 g/mol. The molecule has 1 N–H and O–H groups in total. The van der Waals surface area contributed by atoms with E-state index in [1.54, 1.807) is 6.07 Å². The van der Waals surface area contributed by atoms with Gasteiger partial charge in [-0.2, -0.15) is 4.31 Å². The van der Waals surface area contributed by atoms with Gasteiger partial charge in [-0.1, -0.05) is 18.2 Å². The average Bonchev–Trinajstić information content (AvgIpc) is 3.14. The van der Waals surface area contributed by atoms with Crippen LogP contribution in [0.3, 0.4) is 0 Å². The molecular weight excluding hydrogens is 387 g/mol. The summed E-state index contributed by atoms with van der Waals surface area (Å²) in [4.78, 5) is 12.1. The van der Waals surface area contributed by atoms with Crippen molar-refractivity contribution < 1.29 is 27.1 Å². The number of hydrogen-bond acceptors (Lipinski definition) is 5. The molecule has 2 aromatic carbocycles. The van der Waals surface area contributed by atoms with Gasteiger partial charge < -0.3 is 14.8 Å². The lowest BCUT2D eigenvalue weighted by atomic mass is 10.1. The van der Waals surface area contributed by atoms with Crippen LogP contribution in [0.5, 0.6) is 5.75 Å². The number of nitrogens with zero attached hydrogens (tertiary/aromatic N) is 1. The van der Waals surface area contributed by atoms with E-state index in [1.165, 1.54) is 10.4 Å². The van der Waals surface area contributed by atoms with E-state index >= 15 is 0 Å². The number of benzene rings is 2. The maximum atomic E-state index is 14.3. The quantitative estimate of drug-likeness (QED) is 0.837. The normalized spacial score (nSPS) is 19.7. The number of sulfonamides is 1. The molecule has 2 aliphatic heterocycles. The zero-order valence-electron chi connectivity index (χ0n) is 14.9. The van der Waals surface area contributed by atoms with Crippen molar-refractivity contribution in [1.29, 1.82) is 0 Å². The number of halogens is 1. The second-order valence-corrected chi connectivity index (χ2v) is 8.48. The second-order valence-electron chi connectivity index (χ2n) is 6.57. The molecule has 0 aliphatic carbocycles. The smallest absolute Gasteiger partial charge is 0.265 e. The summed E-state index contributed by atoms with van der Waals surface area (Å²) in [6.45, 7) is 0.840. The van der Waals surface area contributed by atoms with Crippen molar-refractivity contribution in [3.63, 3.8) is 0 Å². The van der Waals surface area contributed by atoms with Crippen LogP contribution in [-0.4, -0.2) is 51.0 Å². The van der Waals surface area contributed by atoms with Gasteiger partial charge in [0.15, 0.2) is 6.10 Å². The fraction of sp³-hybridized carbons (Fsp3) is 0.316. The number of morpholine rings is 1. The van der Waals surface area contributed by atoms with Crippen molar-refractivity contribution in [1.82, 2.24) is 4.31 Å². The van der Waals surface area contributed by atoms with E-state index in [1.807, 2.05) is 18.2 Å². The molecule has 1 saturated heterocycles. The molecule has 2 heterocycles. The number of hydrogen-bond donors (Lipinski definition) is 1. The summed E-state index contributed by atoms with van der Waals surface area (Å²) in [6, 6.07) is 10.9. The van der Waals surface area contributed by atoms with E-state index in [-0.39, 0.29) is 32.0 Å². The Bertz CT molecular complexity index is 980. The molecule has 1 atom stereocenters. The van der Waals surface area contributed by atoms with E-state index in [2.05, 4.69) is 5.32 Å². The molecule has 148 valence electrons. The lowest BCUT2D eigenvalue weighted by Crippen LogP contribution is -2.41. The lowest BCUT2D eigenvalue weighted by molar-refractivity contribution is -0.122. The minimum atomic E-state index is -4.02. The zero-order chi connectivity index (χ0) is 19.7. The SMILES string of the molecule is O=C(Nc1ccc(F)c(S(=O)(=O)N2CCOCC2)c1)C1Cc2ccccc2O1. The van der Waals surface area contributed by atoms with E-state index < -0.39 is 32.7 Å². The number of carbonyl (C=O) groups excluding carboxylic acids is 1. The summed E-state index contributed by atoms with van der Waals surface area (Å²) in [7, 11) is -4.02. The molecule has 28 heavy (non-hydrogen) atoms. The molecule has 7 nitrogen and oxygen atoms in total. The van der Waals surface area contributed by atoms with Crippen LogP contribution >= 0.6 is 0 Å². The molecule has 1 unspecified atom stereocenters. The number of ether oxygens (including phenoxy) is 2. The number of carbonyl (C=O) groups is 1. The predicted molar refractivity (Wildman–Crippen MR) is 99.2 cm³/mol. The first-order chi connectivity index (χ1) is 13.4. The van der Waals surface area contributed by atoms with Crippen LogP contribution in [0.1, 0.15) is 5.56 Å². The maximum absolute atomic E-state index is 14.3. The van der Waals surface area contributed by atoms with Crippen LogP contribution in [0.15, 0.2) is 47.4 Å². The molecule has 9 heteroatoms. The van der Waals surface area contributed by atoms with Gasteiger partial charge in [0.2, 0.25) is 10.0 Å². The first-order valence-electron chi connectivity index (χ1n) is 8.88. The molecule has 0 aromatic heterocycles. The third-order valence-electron chi connectivity index (χ3n) is 4.73. The average molecular weight is 406 g/mol. The number of nitrogens with one attached hydrogen (secondary N) is 1. The highest BCUT2D eigenvalue weighted by atomic mass is 32.2. The molecule has 1 fully saturated rings. The first-order valence-corrected chi connectivity index (χ1v) is 10.3. The predicted octanol–water partition coefficient (Wildman–Crippen LogP) is 1.79. The summed E-state index contributed by atoms with van der Waals surface area (Å²) in [6.07, 6.45) is -0.302. The topological polar surface area (TPSA) is 84.9 Å². The number of fused-ring (bicyclic) bond motifs is 1. The largest absolute Gasteiger partial charge is 0.480 e. The Morgan fingerprint density at radius 2 is 1.89 bits per heavy atom. The molecule has 2 aromatic rings. The summed E-state index contributed by atoms with van der Waals surface area (Å²) in [5.74, 6) is -0.635. The molecular formula is C19H19FN2O5S. The molecule has 0 spiro atoms. The summed E-state index contributed by atoms with van der Waals surface area (Å²) in [5.41, 5.74) is 1.12. The Labute approximate surface area is 162 Å². The molecule has 1 amide bonds. The molecule has 0 radical (unpaired) electrons. The molecule has 4 rings (SSSR count). The molecule has 2 aliphatic rings. The van der Waals surface area contributed by atoms with Crippen molar-refractivity contribution in [2.45, 2.75) is 17.4 Å². The number of para-hydroxylation sites is 1. The minimum absolute atomic E-state index is 0.159. The maximum Gasteiger partial charge on any atom is 0.265 e. The number of rotatable bonds is 4. The molecule has 0 bridgehead atoms. The van der Waals surface area contributed by atoms with E-state index in [0.29, 0.717) is 12.2 Å². The van der Waals surface area contributed by atoms with Crippen molar-refractivity contribution in [3.8, 4) is 5.75 Å². The first kappa shape index (κ1) is 18.9. The summed E-state index contributed by atoms with van der Waals surface area (Å²) < 4.78 is 51.7. The number of anilines is 1. The Morgan fingerprint density at radius 3 is 2.64 bits per heavy atom. The highest BCUT2D eigenvalue weighted by Gasteiger charge is 2.31. The van der Waals surface area contributed by atoms with Crippen LogP contribution < -0.4 is 10.1 Å².